The molecule has 0 aliphatic rings. The van der Waals surface area contributed by atoms with Gasteiger partial charge in [-0.1, -0.05) is 18.2 Å². The lowest BCUT2D eigenvalue weighted by Gasteiger charge is -2.13. The van der Waals surface area contributed by atoms with Crippen LogP contribution in [0.1, 0.15) is 31.2 Å². The minimum Gasteiger partial charge on any atom is -0.487 e. The van der Waals surface area contributed by atoms with Crippen LogP contribution in [0.15, 0.2) is 54.9 Å². The van der Waals surface area contributed by atoms with Gasteiger partial charge < -0.3 is 14.8 Å². The van der Waals surface area contributed by atoms with Gasteiger partial charge in [-0.3, -0.25) is 9.36 Å². The molecule has 0 aliphatic heterocycles. The Labute approximate surface area is 225 Å². The Morgan fingerprint density at radius 3 is 2.56 bits per heavy atom. The van der Waals surface area contributed by atoms with Crippen LogP contribution in [0.3, 0.4) is 0 Å². The average molecular weight is 582 g/mol. The highest BCUT2D eigenvalue weighted by Gasteiger charge is 2.33. The molecule has 4 rings (SSSR count). The van der Waals surface area contributed by atoms with E-state index in [1.54, 1.807) is 10.6 Å². The molecule has 1 N–H and O–H groups in total. The predicted octanol–water partition coefficient (Wildman–Crippen LogP) is 4.25. The van der Waals surface area contributed by atoms with E-state index < -0.39 is 40.1 Å². The Kier molecular flexibility index (Phi) is 7.97. The summed E-state index contributed by atoms with van der Waals surface area (Å²) in [6.07, 6.45) is -2.03. The van der Waals surface area contributed by atoms with E-state index in [0.717, 1.165) is 23.7 Å². The maximum Gasteiger partial charge on any atom is 0.416 e. The molecular formula is C25H22F3N3O6S2. The summed E-state index contributed by atoms with van der Waals surface area (Å²) < 4.78 is 74.8. The number of aromatic nitrogens is 2. The van der Waals surface area contributed by atoms with Gasteiger partial charge in [-0.25, -0.2) is 18.2 Å². The number of fused-ring (bicyclic) bond motifs is 1. The molecule has 0 spiro atoms. The number of nitrogens with zero attached hydrogens (tertiary/aromatic N) is 2. The summed E-state index contributed by atoms with van der Waals surface area (Å²) in [7, 11) is -2.04. The Morgan fingerprint density at radius 1 is 1.13 bits per heavy atom. The normalized spacial score (nSPS) is 11.9. The number of nitrogens with one attached hydrogen (secondary N) is 1. The molecule has 2 aromatic heterocycles. The van der Waals surface area contributed by atoms with E-state index in [-0.39, 0.29) is 34.1 Å². The number of amides is 1. The molecule has 0 bridgehead atoms. The van der Waals surface area contributed by atoms with Crippen molar-refractivity contribution in [2.75, 3.05) is 25.7 Å². The number of carbonyl (C=O) groups is 2. The molecule has 206 valence electrons. The minimum atomic E-state index is -4.57. The second kappa shape index (κ2) is 11.1. The fourth-order valence-corrected chi connectivity index (χ4v) is 5.16. The monoisotopic (exact) mass is 581 g/mol. The summed E-state index contributed by atoms with van der Waals surface area (Å²) in [5.41, 5.74) is 0.366. The summed E-state index contributed by atoms with van der Waals surface area (Å²) in [4.78, 5) is 29.2. The van der Waals surface area contributed by atoms with Crippen molar-refractivity contribution in [1.29, 1.82) is 0 Å². The van der Waals surface area contributed by atoms with Crippen LogP contribution >= 0.6 is 11.3 Å². The second-order valence-corrected chi connectivity index (χ2v) is 11.7. The molecule has 0 aliphatic carbocycles. The predicted molar refractivity (Wildman–Crippen MR) is 138 cm³/mol. The van der Waals surface area contributed by atoms with Gasteiger partial charge in [0.1, 0.15) is 33.5 Å². The number of methoxy groups -OCH3 is 1. The van der Waals surface area contributed by atoms with Crippen LogP contribution in [-0.4, -0.2) is 55.5 Å². The van der Waals surface area contributed by atoms with E-state index in [1.807, 2.05) is 0 Å². The number of alkyl halides is 3. The number of rotatable bonds is 9. The first-order valence-electron chi connectivity index (χ1n) is 11.3. The van der Waals surface area contributed by atoms with Crippen molar-refractivity contribution in [1.82, 2.24) is 14.9 Å². The molecule has 14 heteroatoms. The highest BCUT2D eigenvalue weighted by molar-refractivity contribution is 7.90. The van der Waals surface area contributed by atoms with Crippen molar-refractivity contribution in [2.45, 2.75) is 12.8 Å². The van der Waals surface area contributed by atoms with E-state index in [9.17, 15) is 31.2 Å². The zero-order valence-electron chi connectivity index (χ0n) is 20.6. The molecular weight excluding hydrogens is 559 g/mol. The molecule has 0 unspecified atom stereocenters. The number of imidazole rings is 1. The average Bonchev–Trinajstić information content (AvgIpc) is 3.49. The number of esters is 1. The van der Waals surface area contributed by atoms with Crippen molar-refractivity contribution in [2.24, 2.45) is 0 Å². The minimum absolute atomic E-state index is 0.0358. The van der Waals surface area contributed by atoms with E-state index in [0.29, 0.717) is 16.0 Å². The van der Waals surface area contributed by atoms with Crippen molar-refractivity contribution >= 4 is 44.1 Å². The quantitative estimate of drug-likeness (QED) is 0.294. The molecule has 2 aromatic carbocycles. The Morgan fingerprint density at radius 2 is 1.87 bits per heavy atom. The third-order valence-corrected chi connectivity index (χ3v) is 7.61. The Hall–Kier alpha value is -3.91. The zero-order chi connectivity index (χ0) is 28.4. The van der Waals surface area contributed by atoms with Crippen molar-refractivity contribution in [3.8, 4) is 10.8 Å². The molecule has 1 amide bonds. The third kappa shape index (κ3) is 6.57. The number of hydrogen-bond donors (Lipinski definition) is 1. The highest BCUT2D eigenvalue weighted by Crippen LogP contribution is 2.36. The SMILES string of the molecule is COC(=O)c1sc(-n2cnc3cc(C(=O)NCCS(C)(=O)=O)ccc32)cc1OCc1ccccc1C(F)(F)F. The van der Waals surface area contributed by atoms with Crippen LogP contribution in [0.25, 0.3) is 16.0 Å². The van der Waals surface area contributed by atoms with Crippen LogP contribution in [-0.2, 0) is 27.4 Å². The van der Waals surface area contributed by atoms with Gasteiger partial charge in [0.25, 0.3) is 5.91 Å². The molecule has 0 radical (unpaired) electrons. The first kappa shape index (κ1) is 28.1. The highest BCUT2D eigenvalue weighted by atomic mass is 32.2. The number of thiophene rings is 1. The molecule has 9 nitrogen and oxygen atoms in total. The van der Waals surface area contributed by atoms with Gasteiger partial charge >= 0.3 is 12.1 Å². The molecule has 4 aromatic rings. The van der Waals surface area contributed by atoms with Crippen molar-refractivity contribution < 1.29 is 40.7 Å². The number of ether oxygens (including phenoxy) is 2. The van der Waals surface area contributed by atoms with Gasteiger partial charge in [0.05, 0.1) is 29.5 Å². The third-order valence-electron chi connectivity index (χ3n) is 5.57. The van der Waals surface area contributed by atoms with Gasteiger partial charge in [-0.15, -0.1) is 11.3 Å². The maximum absolute atomic E-state index is 13.4. The Bertz CT molecular complexity index is 1640. The summed E-state index contributed by atoms with van der Waals surface area (Å²) >= 11 is 0.999. The van der Waals surface area contributed by atoms with Crippen LogP contribution in [0.4, 0.5) is 13.2 Å². The molecule has 0 saturated heterocycles. The lowest BCUT2D eigenvalue weighted by Crippen LogP contribution is -2.28. The zero-order valence-corrected chi connectivity index (χ0v) is 22.2. The van der Waals surface area contributed by atoms with Gasteiger partial charge in [-0.2, -0.15) is 13.2 Å². The first-order valence-corrected chi connectivity index (χ1v) is 14.2. The van der Waals surface area contributed by atoms with Gasteiger partial charge in [-0.05, 0) is 24.3 Å². The fraction of sp³-hybridized carbons (Fsp3) is 0.240. The van der Waals surface area contributed by atoms with E-state index >= 15 is 0 Å². The molecule has 2 heterocycles. The van der Waals surface area contributed by atoms with Crippen LogP contribution in [0.2, 0.25) is 0 Å². The molecule has 39 heavy (non-hydrogen) atoms. The molecule has 0 atom stereocenters. The summed E-state index contributed by atoms with van der Waals surface area (Å²) in [5, 5.41) is 3.01. The fourth-order valence-electron chi connectivity index (χ4n) is 3.68. The van der Waals surface area contributed by atoms with Crippen molar-refractivity contribution in [3.05, 3.63) is 76.4 Å². The number of carbonyl (C=O) groups excluding carboxylic acids is 2. The van der Waals surface area contributed by atoms with Crippen LogP contribution in [0.5, 0.6) is 5.75 Å². The lowest BCUT2D eigenvalue weighted by atomic mass is 10.1. The topological polar surface area (TPSA) is 117 Å². The van der Waals surface area contributed by atoms with E-state index in [4.69, 9.17) is 9.47 Å². The second-order valence-electron chi connectivity index (χ2n) is 8.42. The van der Waals surface area contributed by atoms with E-state index in [1.165, 1.54) is 49.8 Å². The number of sulfone groups is 1. The smallest absolute Gasteiger partial charge is 0.416 e. The Balaban J connectivity index is 1.60. The first-order chi connectivity index (χ1) is 18.4. The summed E-state index contributed by atoms with van der Waals surface area (Å²) in [5.74, 6) is -1.33. The maximum atomic E-state index is 13.4. The van der Waals surface area contributed by atoms with E-state index in [2.05, 4.69) is 10.3 Å². The number of benzene rings is 2. The molecule has 0 saturated carbocycles. The van der Waals surface area contributed by atoms with Crippen LogP contribution in [0, 0.1) is 0 Å². The van der Waals surface area contributed by atoms with Crippen LogP contribution < -0.4 is 10.1 Å². The summed E-state index contributed by atoms with van der Waals surface area (Å²) in [6, 6.07) is 11.2. The number of hydrogen-bond acceptors (Lipinski definition) is 8. The van der Waals surface area contributed by atoms with Gasteiger partial charge in [0.2, 0.25) is 0 Å². The van der Waals surface area contributed by atoms with Gasteiger partial charge in [0, 0.05) is 30.0 Å². The summed E-state index contributed by atoms with van der Waals surface area (Å²) in [6.45, 7) is -0.468. The van der Waals surface area contributed by atoms with Crippen molar-refractivity contribution in [3.63, 3.8) is 0 Å². The lowest BCUT2D eigenvalue weighted by molar-refractivity contribution is -0.138. The number of halogens is 3. The van der Waals surface area contributed by atoms with Gasteiger partial charge in [0.15, 0.2) is 4.88 Å². The molecule has 0 fully saturated rings. The largest absolute Gasteiger partial charge is 0.487 e. The standard InChI is InChI=1S/C25H22F3N3O6S2/c1-36-24(33)22-20(37-13-16-5-3-4-6-17(16)25(26,27)28)12-21(38-22)31-14-30-18-11-15(7-8-19(18)31)23(32)29-9-10-39(2,34)35/h3-8,11-12,14H,9-10,13H2,1-2H3,(H,29,32).